The molecule has 0 atom stereocenters. The second-order valence-electron chi connectivity index (χ2n) is 0.664. The second kappa shape index (κ2) is 3.31. The number of thiol groups is 1. The van der Waals surface area contributed by atoms with Crippen LogP contribution in [-0.2, 0) is 4.79 Å². The van der Waals surface area contributed by atoms with Crippen LogP contribution in [0, 0.1) is 0 Å². The lowest BCUT2D eigenvalue weighted by atomic mass is 11.2. The fraction of sp³-hybridized carbons (Fsp3) is 0.500. The van der Waals surface area contributed by atoms with Crippen LogP contribution in [0.4, 0.5) is 0 Å². The third kappa shape index (κ3) is 2.35. The summed E-state index contributed by atoms with van der Waals surface area (Å²) in [6.07, 6.45) is 0.538. The molecule has 0 spiro atoms. The zero-order valence-corrected chi connectivity index (χ0v) is 4.62. The molecule has 0 radical (unpaired) electrons. The van der Waals surface area contributed by atoms with Crippen LogP contribution in [0.15, 0.2) is 0 Å². The molecule has 0 bridgehead atoms. The predicted molar refractivity (Wildman–Crippen MR) is 27.6 cm³/mol. The number of carbonyl (C=O) groups excluding carboxylic acids is 1. The first-order chi connectivity index (χ1) is 2.81. The highest BCUT2D eigenvalue weighted by Gasteiger charge is 1.82. The minimum absolute atomic E-state index is 0.132. The molecule has 0 unspecified atom stereocenters. The molecule has 0 aliphatic rings. The monoisotopic (exact) mass is 125 g/mol. The molecule has 0 rings (SSSR count). The molecule has 0 fully saturated rings. The van der Waals surface area contributed by atoms with E-state index in [1.807, 2.05) is 0 Å². The fourth-order valence-electron chi connectivity index (χ4n) is 0.0282. The van der Waals surface area contributed by atoms with Crippen molar-refractivity contribution in [2.24, 2.45) is 0 Å². The molecule has 0 aromatic heterocycles. The van der Waals surface area contributed by atoms with Crippen molar-refractivity contribution < 1.29 is 4.79 Å². The van der Waals surface area contributed by atoms with E-state index >= 15 is 0 Å². The molecule has 0 saturated carbocycles. The summed E-state index contributed by atoms with van der Waals surface area (Å²) in [7, 11) is 0. The Kier molecular flexibility index (Phi) is 3.37. The van der Waals surface area contributed by atoms with Crippen LogP contribution < -0.4 is 0 Å². The van der Waals surface area contributed by atoms with Gasteiger partial charge in [-0.15, -0.1) is 11.6 Å². The van der Waals surface area contributed by atoms with Crippen molar-refractivity contribution in [1.29, 1.82) is 0 Å². The van der Waals surface area contributed by atoms with E-state index in [0.717, 1.165) is 4.31 Å². The van der Waals surface area contributed by atoms with Gasteiger partial charge in [-0.3, -0.25) is 9.10 Å². The third-order valence-electron chi connectivity index (χ3n) is 0.244. The minimum Gasteiger partial charge on any atom is -0.278 e. The van der Waals surface area contributed by atoms with Crippen molar-refractivity contribution in [2.75, 3.05) is 6.00 Å². The maximum absolute atomic E-state index is 9.50. The fourth-order valence-corrected chi connectivity index (χ4v) is 0.0845. The maximum Gasteiger partial charge on any atom is 0.220 e. The summed E-state index contributed by atoms with van der Waals surface area (Å²) in [5.74, 6) is 0. The SMILES string of the molecule is O=CN(S)CCl. The van der Waals surface area contributed by atoms with E-state index in [1.54, 1.807) is 0 Å². The molecule has 0 aromatic rings. The van der Waals surface area contributed by atoms with E-state index in [1.165, 1.54) is 0 Å². The molecule has 2 nitrogen and oxygen atoms in total. The van der Waals surface area contributed by atoms with Crippen LogP contribution in [0.25, 0.3) is 0 Å². The molecule has 0 heterocycles. The summed E-state index contributed by atoms with van der Waals surface area (Å²) in [5.41, 5.74) is 0. The molecule has 0 aromatic carbocycles. The van der Waals surface area contributed by atoms with Gasteiger partial charge in [0.15, 0.2) is 0 Å². The summed E-state index contributed by atoms with van der Waals surface area (Å²) in [4.78, 5) is 9.50. The Bertz CT molecular complexity index is 50.8. The van der Waals surface area contributed by atoms with Crippen molar-refractivity contribution in [1.82, 2.24) is 4.31 Å². The van der Waals surface area contributed by atoms with E-state index in [9.17, 15) is 4.79 Å². The van der Waals surface area contributed by atoms with Crippen LogP contribution >= 0.6 is 24.4 Å². The van der Waals surface area contributed by atoms with Gasteiger partial charge in [0.1, 0.15) is 6.00 Å². The number of alkyl halides is 1. The van der Waals surface area contributed by atoms with E-state index in [4.69, 9.17) is 11.6 Å². The molecular weight excluding hydrogens is 122 g/mol. The van der Waals surface area contributed by atoms with Crippen LogP contribution in [0.3, 0.4) is 0 Å². The summed E-state index contributed by atoms with van der Waals surface area (Å²) < 4.78 is 1.03. The number of carbonyl (C=O) groups is 1. The highest BCUT2D eigenvalue weighted by Crippen LogP contribution is 1.86. The Morgan fingerprint density at radius 2 is 2.50 bits per heavy atom. The summed E-state index contributed by atoms with van der Waals surface area (Å²) in [6.45, 7) is 0. The Labute approximate surface area is 46.6 Å². The lowest BCUT2D eigenvalue weighted by Gasteiger charge is -1.97. The van der Waals surface area contributed by atoms with Gasteiger partial charge < -0.3 is 0 Å². The average molecular weight is 126 g/mol. The highest BCUT2D eigenvalue weighted by molar-refractivity contribution is 7.78. The normalized spacial score (nSPS) is 7.67. The Hall–Kier alpha value is 0.110. The Morgan fingerprint density at radius 3 is 2.50 bits per heavy atom. The molecular formula is C2H4ClNOS. The van der Waals surface area contributed by atoms with Gasteiger partial charge in [0.2, 0.25) is 6.41 Å². The van der Waals surface area contributed by atoms with Crippen LogP contribution in [-0.4, -0.2) is 16.7 Å². The van der Waals surface area contributed by atoms with E-state index in [-0.39, 0.29) is 6.00 Å². The van der Waals surface area contributed by atoms with Gasteiger partial charge in [-0.05, 0) is 0 Å². The number of halogens is 1. The number of hydrogen-bond acceptors (Lipinski definition) is 2. The molecule has 0 saturated heterocycles. The quantitative estimate of drug-likeness (QED) is 0.247. The molecule has 1 amide bonds. The van der Waals surface area contributed by atoms with Crippen LogP contribution in [0.1, 0.15) is 0 Å². The highest BCUT2D eigenvalue weighted by atomic mass is 35.5. The van der Waals surface area contributed by atoms with Gasteiger partial charge in [0.25, 0.3) is 0 Å². The third-order valence-corrected chi connectivity index (χ3v) is 0.904. The van der Waals surface area contributed by atoms with Crippen LogP contribution in [0.5, 0.6) is 0 Å². The lowest BCUT2D eigenvalue weighted by Crippen LogP contribution is -2.04. The molecule has 0 aliphatic heterocycles. The maximum atomic E-state index is 9.50. The topological polar surface area (TPSA) is 20.3 Å². The minimum atomic E-state index is 0.132. The Balaban J connectivity index is 2.96. The molecule has 36 valence electrons. The molecule has 6 heavy (non-hydrogen) atoms. The number of hydrogen-bond donors (Lipinski definition) is 1. The molecule has 4 heteroatoms. The van der Waals surface area contributed by atoms with Gasteiger partial charge >= 0.3 is 0 Å². The zero-order chi connectivity index (χ0) is 4.99. The number of nitrogens with zero attached hydrogens (tertiary/aromatic N) is 1. The molecule has 0 aliphatic carbocycles. The van der Waals surface area contributed by atoms with Gasteiger partial charge in [0.05, 0.1) is 0 Å². The van der Waals surface area contributed by atoms with E-state index in [2.05, 4.69) is 12.8 Å². The van der Waals surface area contributed by atoms with E-state index < -0.39 is 0 Å². The van der Waals surface area contributed by atoms with Gasteiger partial charge in [-0.25, -0.2) is 0 Å². The van der Waals surface area contributed by atoms with Crippen molar-refractivity contribution >= 4 is 30.8 Å². The first kappa shape index (κ1) is 6.11. The summed E-state index contributed by atoms with van der Waals surface area (Å²) in [6, 6.07) is 0.132. The predicted octanol–water partition coefficient (Wildman–Crippen LogP) is 0.486. The van der Waals surface area contributed by atoms with Crippen LogP contribution in [0.2, 0.25) is 0 Å². The van der Waals surface area contributed by atoms with Crippen molar-refractivity contribution in [2.45, 2.75) is 0 Å². The zero-order valence-electron chi connectivity index (χ0n) is 2.97. The van der Waals surface area contributed by atoms with Gasteiger partial charge in [0, 0.05) is 0 Å². The van der Waals surface area contributed by atoms with Gasteiger partial charge in [-0.2, -0.15) is 0 Å². The second-order valence-corrected chi connectivity index (χ2v) is 1.42. The lowest BCUT2D eigenvalue weighted by molar-refractivity contribution is -0.113. The summed E-state index contributed by atoms with van der Waals surface area (Å²) in [5, 5.41) is 0. The first-order valence-electron chi connectivity index (χ1n) is 1.28. The smallest absolute Gasteiger partial charge is 0.220 e. The number of amides is 1. The van der Waals surface area contributed by atoms with Gasteiger partial charge in [-0.1, -0.05) is 12.8 Å². The van der Waals surface area contributed by atoms with E-state index in [0.29, 0.717) is 6.41 Å². The van der Waals surface area contributed by atoms with Crippen molar-refractivity contribution in [3.63, 3.8) is 0 Å². The Morgan fingerprint density at radius 1 is 2.00 bits per heavy atom. The standard InChI is InChI=1S/C2H4ClNOS/c3-1-4(6)2-5/h2,6H,1H2. The number of rotatable bonds is 2. The van der Waals surface area contributed by atoms with Crippen molar-refractivity contribution in [3.8, 4) is 0 Å². The average Bonchev–Trinajstić information content (AvgIpc) is 1.65. The van der Waals surface area contributed by atoms with Crippen molar-refractivity contribution in [3.05, 3.63) is 0 Å². The first-order valence-corrected chi connectivity index (χ1v) is 2.21. The summed E-state index contributed by atoms with van der Waals surface area (Å²) >= 11 is 8.63. The molecule has 0 N–H and O–H groups in total. The largest absolute Gasteiger partial charge is 0.278 e.